The maximum absolute atomic E-state index is 12.2. The number of nitrogens with one attached hydrogen (secondary N) is 1. The quantitative estimate of drug-likeness (QED) is 0.747. The first-order valence-electron chi connectivity index (χ1n) is 6.92. The Hall–Kier alpha value is -2.82. The van der Waals surface area contributed by atoms with Crippen LogP contribution in [0.25, 0.3) is 11.1 Å². The average Bonchev–Trinajstić information content (AvgIpc) is 3.01. The van der Waals surface area contributed by atoms with Crippen LogP contribution in [0.1, 0.15) is 17.2 Å². The number of esters is 1. The Morgan fingerprint density at radius 3 is 2.86 bits per heavy atom. The van der Waals surface area contributed by atoms with Crippen molar-refractivity contribution in [1.29, 1.82) is 0 Å². The summed E-state index contributed by atoms with van der Waals surface area (Å²) < 4.78 is 10.2. The number of anilines is 1. The third kappa shape index (κ3) is 2.65. The molecule has 0 radical (unpaired) electrons. The minimum atomic E-state index is -0.611. The van der Waals surface area contributed by atoms with Crippen molar-refractivity contribution in [2.24, 2.45) is 0 Å². The van der Waals surface area contributed by atoms with E-state index in [9.17, 15) is 4.79 Å². The van der Waals surface area contributed by atoms with Crippen LogP contribution in [0.15, 0.2) is 53.3 Å². The molecule has 0 bridgehead atoms. The van der Waals surface area contributed by atoms with Crippen LogP contribution in [0.2, 0.25) is 0 Å². The molecule has 1 unspecified atom stereocenters. The number of aromatic nitrogens is 1. The fourth-order valence-corrected chi connectivity index (χ4v) is 2.34. The van der Waals surface area contributed by atoms with E-state index in [1.165, 1.54) is 13.5 Å². The van der Waals surface area contributed by atoms with Crippen molar-refractivity contribution >= 4 is 22.8 Å². The lowest BCUT2D eigenvalue weighted by molar-refractivity contribution is -0.141. The summed E-state index contributed by atoms with van der Waals surface area (Å²) >= 11 is 0. The Balaban J connectivity index is 1.99. The Bertz CT molecular complexity index is 810. The third-order valence-electron chi connectivity index (χ3n) is 3.57. The van der Waals surface area contributed by atoms with Gasteiger partial charge in [-0.2, -0.15) is 0 Å². The molecule has 5 nitrogen and oxygen atoms in total. The molecule has 0 aliphatic carbocycles. The molecule has 0 spiro atoms. The van der Waals surface area contributed by atoms with Crippen LogP contribution in [0.5, 0.6) is 0 Å². The zero-order valence-corrected chi connectivity index (χ0v) is 12.4. The lowest BCUT2D eigenvalue weighted by atomic mass is 10.1. The van der Waals surface area contributed by atoms with Gasteiger partial charge in [0.15, 0.2) is 18.0 Å². The zero-order chi connectivity index (χ0) is 15.5. The van der Waals surface area contributed by atoms with Gasteiger partial charge in [-0.15, -0.1) is 0 Å². The van der Waals surface area contributed by atoms with E-state index in [1.54, 1.807) is 6.07 Å². The van der Waals surface area contributed by atoms with Gasteiger partial charge in [0.1, 0.15) is 5.52 Å². The van der Waals surface area contributed by atoms with Gasteiger partial charge in [-0.1, -0.05) is 24.3 Å². The van der Waals surface area contributed by atoms with Crippen molar-refractivity contribution in [3.05, 3.63) is 60.0 Å². The Labute approximate surface area is 127 Å². The van der Waals surface area contributed by atoms with Crippen molar-refractivity contribution in [3.8, 4) is 0 Å². The summed E-state index contributed by atoms with van der Waals surface area (Å²) in [6.45, 7) is 1.98. The number of methoxy groups -OCH3 is 1. The van der Waals surface area contributed by atoms with E-state index in [0.29, 0.717) is 5.58 Å². The van der Waals surface area contributed by atoms with Gasteiger partial charge in [-0.3, -0.25) is 0 Å². The second kappa shape index (κ2) is 5.89. The van der Waals surface area contributed by atoms with Crippen molar-refractivity contribution in [3.63, 3.8) is 0 Å². The molecule has 1 N–H and O–H groups in total. The van der Waals surface area contributed by atoms with Gasteiger partial charge in [0.05, 0.1) is 7.11 Å². The molecular weight excluding hydrogens is 280 g/mol. The number of aryl methyl sites for hydroxylation is 1. The fourth-order valence-electron chi connectivity index (χ4n) is 2.34. The predicted octanol–water partition coefficient (Wildman–Crippen LogP) is 3.46. The predicted molar refractivity (Wildman–Crippen MR) is 83.6 cm³/mol. The van der Waals surface area contributed by atoms with Crippen molar-refractivity contribution in [2.75, 3.05) is 12.4 Å². The fraction of sp³-hybridized carbons (Fsp3) is 0.176. The highest BCUT2D eigenvalue weighted by Crippen LogP contribution is 2.25. The van der Waals surface area contributed by atoms with E-state index in [4.69, 9.17) is 9.15 Å². The molecule has 1 heterocycles. The van der Waals surface area contributed by atoms with Gasteiger partial charge in [0, 0.05) is 5.69 Å². The number of hydrogen-bond donors (Lipinski definition) is 1. The molecule has 1 aromatic heterocycles. The van der Waals surface area contributed by atoms with E-state index < -0.39 is 6.04 Å². The second-order valence-electron chi connectivity index (χ2n) is 4.99. The van der Waals surface area contributed by atoms with Crippen molar-refractivity contribution < 1.29 is 13.9 Å². The maximum atomic E-state index is 12.2. The number of ether oxygens (including phenoxy) is 1. The molecule has 22 heavy (non-hydrogen) atoms. The van der Waals surface area contributed by atoms with Crippen LogP contribution in [-0.4, -0.2) is 18.1 Å². The van der Waals surface area contributed by atoms with Crippen molar-refractivity contribution in [1.82, 2.24) is 4.98 Å². The van der Waals surface area contributed by atoms with Crippen LogP contribution in [0.3, 0.4) is 0 Å². The SMILES string of the molecule is COC(=O)C(Nc1ccccc1C)c1ccc2ncoc2c1. The maximum Gasteiger partial charge on any atom is 0.332 e. The number of rotatable bonds is 4. The molecule has 5 heteroatoms. The van der Waals surface area contributed by atoms with E-state index in [1.807, 2.05) is 43.3 Å². The van der Waals surface area contributed by atoms with Crippen LogP contribution in [0.4, 0.5) is 5.69 Å². The summed E-state index contributed by atoms with van der Waals surface area (Å²) in [4.78, 5) is 16.3. The second-order valence-corrected chi connectivity index (χ2v) is 4.99. The highest BCUT2D eigenvalue weighted by Gasteiger charge is 2.22. The zero-order valence-electron chi connectivity index (χ0n) is 12.4. The van der Waals surface area contributed by atoms with Gasteiger partial charge in [-0.25, -0.2) is 9.78 Å². The van der Waals surface area contributed by atoms with E-state index in [-0.39, 0.29) is 5.97 Å². The molecule has 3 aromatic rings. The summed E-state index contributed by atoms with van der Waals surface area (Å²) in [6, 6.07) is 12.6. The van der Waals surface area contributed by atoms with Crippen LogP contribution in [-0.2, 0) is 9.53 Å². The highest BCUT2D eigenvalue weighted by molar-refractivity contribution is 5.83. The third-order valence-corrected chi connectivity index (χ3v) is 3.57. The van der Waals surface area contributed by atoms with Gasteiger partial charge in [-0.05, 0) is 36.2 Å². The number of fused-ring (bicyclic) bond motifs is 1. The molecule has 0 amide bonds. The normalized spacial score (nSPS) is 12.1. The Morgan fingerprint density at radius 1 is 1.27 bits per heavy atom. The van der Waals surface area contributed by atoms with Crippen LogP contribution in [0, 0.1) is 6.92 Å². The molecule has 2 aromatic carbocycles. The van der Waals surface area contributed by atoms with Gasteiger partial charge >= 0.3 is 5.97 Å². The van der Waals surface area contributed by atoms with Gasteiger partial charge in [0.25, 0.3) is 0 Å². The van der Waals surface area contributed by atoms with Crippen LogP contribution < -0.4 is 5.32 Å². The van der Waals surface area contributed by atoms with E-state index >= 15 is 0 Å². The Kier molecular flexibility index (Phi) is 3.78. The van der Waals surface area contributed by atoms with E-state index in [2.05, 4.69) is 10.3 Å². The summed E-state index contributed by atoms with van der Waals surface area (Å²) in [5.74, 6) is -0.359. The summed E-state index contributed by atoms with van der Waals surface area (Å²) in [7, 11) is 1.38. The number of nitrogens with zero attached hydrogens (tertiary/aromatic N) is 1. The molecule has 0 fully saturated rings. The number of carbonyl (C=O) groups excluding carboxylic acids is 1. The lowest BCUT2D eigenvalue weighted by Crippen LogP contribution is -2.22. The topological polar surface area (TPSA) is 64.4 Å². The molecule has 0 saturated carbocycles. The molecule has 1 atom stereocenters. The Morgan fingerprint density at radius 2 is 2.09 bits per heavy atom. The number of oxazole rings is 1. The lowest BCUT2D eigenvalue weighted by Gasteiger charge is -2.19. The molecule has 0 saturated heterocycles. The van der Waals surface area contributed by atoms with Gasteiger partial charge < -0.3 is 14.5 Å². The number of para-hydroxylation sites is 1. The van der Waals surface area contributed by atoms with Crippen molar-refractivity contribution in [2.45, 2.75) is 13.0 Å². The summed E-state index contributed by atoms with van der Waals surface area (Å²) in [6.07, 6.45) is 1.39. The smallest absolute Gasteiger partial charge is 0.332 e. The summed E-state index contributed by atoms with van der Waals surface area (Å²) in [5.41, 5.74) is 4.09. The largest absolute Gasteiger partial charge is 0.467 e. The molecule has 112 valence electrons. The van der Waals surface area contributed by atoms with Crippen LogP contribution >= 0.6 is 0 Å². The summed E-state index contributed by atoms with van der Waals surface area (Å²) in [5, 5.41) is 3.23. The molecule has 0 aliphatic rings. The minimum Gasteiger partial charge on any atom is -0.467 e. The number of benzene rings is 2. The first-order chi connectivity index (χ1) is 10.7. The molecular formula is C17H16N2O3. The minimum absolute atomic E-state index is 0.359. The monoisotopic (exact) mass is 296 g/mol. The van der Waals surface area contributed by atoms with Gasteiger partial charge in [0.2, 0.25) is 0 Å². The molecule has 3 rings (SSSR count). The first kappa shape index (κ1) is 14.1. The number of carbonyl (C=O) groups is 1. The average molecular weight is 296 g/mol. The first-order valence-corrected chi connectivity index (χ1v) is 6.92. The van der Waals surface area contributed by atoms with E-state index in [0.717, 1.165) is 22.3 Å². The molecule has 0 aliphatic heterocycles. The highest BCUT2D eigenvalue weighted by atomic mass is 16.5. The number of hydrogen-bond acceptors (Lipinski definition) is 5. The standard InChI is InChI=1S/C17H16N2O3/c1-11-5-3-4-6-13(11)19-16(17(20)21-2)12-7-8-14-15(9-12)22-10-18-14/h3-10,16,19H,1-2H3.